The molecule has 0 spiro atoms. The van der Waals surface area contributed by atoms with E-state index in [1.165, 1.54) is 0 Å². The summed E-state index contributed by atoms with van der Waals surface area (Å²) in [6.45, 7) is 0.460. The van der Waals surface area contributed by atoms with E-state index in [0.717, 1.165) is 16.7 Å². The van der Waals surface area contributed by atoms with Crippen molar-refractivity contribution in [2.24, 2.45) is 0 Å². The summed E-state index contributed by atoms with van der Waals surface area (Å²) in [4.78, 5) is 12.1. The van der Waals surface area contributed by atoms with Gasteiger partial charge in [-0.2, -0.15) is 0 Å². The predicted molar refractivity (Wildman–Crippen MR) is 72.7 cm³/mol. The molecule has 2 aromatic rings. The lowest BCUT2D eigenvalue weighted by atomic mass is 9.96. The van der Waals surface area contributed by atoms with Crippen LogP contribution in [0.15, 0.2) is 54.6 Å². The van der Waals surface area contributed by atoms with Crippen LogP contribution in [0.4, 0.5) is 0 Å². The van der Waals surface area contributed by atoms with E-state index in [1.807, 2.05) is 54.6 Å². The molecule has 0 atom stereocenters. The molecule has 0 bridgehead atoms. The van der Waals surface area contributed by atoms with Crippen molar-refractivity contribution in [1.82, 2.24) is 0 Å². The topological polar surface area (TPSA) is 26.3 Å². The fraction of sp³-hybridized carbons (Fsp3) is 0.188. The Morgan fingerprint density at radius 2 is 1.67 bits per heavy atom. The van der Waals surface area contributed by atoms with E-state index in [-0.39, 0.29) is 5.78 Å². The largest absolute Gasteiger partial charge is 0.384 e. The first-order valence-corrected chi connectivity index (χ1v) is 5.99. The number of ketones is 1. The third-order valence-corrected chi connectivity index (χ3v) is 2.85. The Morgan fingerprint density at radius 1 is 1.00 bits per heavy atom. The molecule has 0 fully saturated rings. The zero-order valence-corrected chi connectivity index (χ0v) is 10.4. The lowest BCUT2D eigenvalue weighted by Crippen LogP contribution is -2.05. The first kappa shape index (κ1) is 12.5. The molecule has 0 N–H and O–H groups in total. The van der Waals surface area contributed by atoms with Gasteiger partial charge in [0.05, 0.1) is 6.61 Å². The third-order valence-electron chi connectivity index (χ3n) is 2.85. The minimum Gasteiger partial charge on any atom is -0.384 e. The highest BCUT2D eigenvalue weighted by Gasteiger charge is 2.11. The lowest BCUT2D eigenvalue weighted by molar-refractivity contribution is 0.0933. The molecule has 0 saturated heterocycles. The first-order chi connectivity index (χ1) is 8.83. The molecule has 0 saturated carbocycles. The maximum Gasteiger partial charge on any atom is 0.165 e. The predicted octanol–water partition coefficient (Wildman–Crippen LogP) is 3.57. The molecule has 2 aromatic carbocycles. The van der Waals surface area contributed by atoms with Gasteiger partial charge in [-0.25, -0.2) is 0 Å². The summed E-state index contributed by atoms with van der Waals surface area (Å²) < 4.78 is 4.96. The summed E-state index contributed by atoms with van der Waals surface area (Å²) >= 11 is 0. The van der Waals surface area contributed by atoms with Gasteiger partial charge in [0.2, 0.25) is 0 Å². The average molecular weight is 240 g/mol. The number of hydrogen-bond donors (Lipinski definition) is 0. The Labute approximate surface area is 107 Å². The summed E-state index contributed by atoms with van der Waals surface area (Å²) in [6, 6.07) is 17.7. The smallest absolute Gasteiger partial charge is 0.165 e. The Bertz CT molecular complexity index is 518. The number of rotatable bonds is 5. The van der Waals surface area contributed by atoms with Gasteiger partial charge in [-0.3, -0.25) is 4.79 Å². The van der Waals surface area contributed by atoms with Crippen LogP contribution in [0.1, 0.15) is 16.8 Å². The minimum atomic E-state index is 0.122. The summed E-state index contributed by atoms with van der Waals surface area (Å²) in [5, 5.41) is 0. The molecule has 2 nitrogen and oxygen atoms in total. The maximum atomic E-state index is 12.1. The highest BCUT2D eigenvalue weighted by atomic mass is 16.5. The SMILES string of the molecule is COCCC(=O)c1ccccc1-c1ccccc1. The van der Waals surface area contributed by atoms with Crippen LogP contribution in [0.5, 0.6) is 0 Å². The Kier molecular flexibility index (Phi) is 4.26. The fourth-order valence-electron chi connectivity index (χ4n) is 1.93. The van der Waals surface area contributed by atoms with Crippen molar-refractivity contribution >= 4 is 5.78 Å². The van der Waals surface area contributed by atoms with Crippen LogP contribution in [0.2, 0.25) is 0 Å². The maximum absolute atomic E-state index is 12.1. The first-order valence-electron chi connectivity index (χ1n) is 5.99. The van der Waals surface area contributed by atoms with Gasteiger partial charge in [-0.1, -0.05) is 54.6 Å². The minimum absolute atomic E-state index is 0.122. The quantitative estimate of drug-likeness (QED) is 0.747. The van der Waals surface area contributed by atoms with Gasteiger partial charge in [-0.15, -0.1) is 0 Å². The highest BCUT2D eigenvalue weighted by molar-refractivity contribution is 6.02. The Morgan fingerprint density at radius 3 is 2.39 bits per heavy atom. The van der Waals surface area contributed by atoms with Crippen LogP contribution in [0.3, 0.4) is 0 Å². The number of carbonyl (C=O) groups excluding carboxylic acids is 1. The van der Waals surface area contributed by atoms with E-state index in [9.17, 15) is 4.79 Å². The van der Waals surface area contributed by atoms with Crippen LogP contribution >= 0.6 is 0 Å². The number of hydrogen-bond acceptors (Lipinski definition) is 2. The van der Waals surface area contributed by atoms with Crippen molar-refractivity contribution in [2.45, 2.75) is 6.42 Å². The molecule has 92 valence electrons. The molecule has 0 amide bonds. The molecule has 0 heterocycles. The van der Waals surface area contributed by atoms with Crippen molar-refractivity contribution in [2.75, 3.05) is 13.7 Å². The van der Waals surface area contributed by atoms with Gasteiger partial charge in [0.25, 0.3) is 0 Å². The summed E-state index contributed by atoms with van der Waals surface area (Å²) in [5.74, 6) is 0.122. The summed E-state index contributed by atoms with van der Waals surface area (Å²) in [7, 11) is 1.61. The second-order valence-electron chi connectivity index (χ2n) is 4.08. The molecule has 0 aliphatic rings. The van der Waals surface area contributed by atoms with Crippen molar-refractivity contribution in [3.05, 3.63) is 60.2 Å². The van der Waals surface area contributed by atoms with Crippen LogP contribution in [0.25, 0.3) is 11.1 Å². The molecule has 2 rings (SSSR count). The van der Waals surface area contributed by atoms with Gasteiger partial charge in [0.15, 0.2) is 5.78 Å². The number of ether oxygens (including phenoxy) is 1. The van der Waals surface area contributed by atoms with Crippen LogP contribution < -0.4 is 0 Å². The summed E-state index contributed by atoms with van der Waals surface area (Å²) in [6.07, 6.45) is 0.417. The van der Waals surface area contributed by atoms with Crippen molar-refractivity contribution in [3.8, 4) is 11.1 Å². The molecule has 0 radical (unpaired) electrons. The van der Waals surface area contributed by atoms with Gasteiger partial charge >= 0.3 is 0 Å². The molecule has 0 aromatic heterocycles. The Balaban J connectivity index is 2.34. The second kappa shape index (κ2) is 6.12. The normalized spacial score (nSPS) is 10.3. The van der Waals surface area contributed by atoms with E-state index in [2.05, 4.69) is 0 Å². The van der Waals surface area contributed by atoms with E-state index < -0.39 is 0 Å². The standard InChI is InChI=1S/C16H16O2/c1-18-12-11-16(17)15-10-6-5-9-14(15)13-7-3-2-4-8-13/h2-10H,11-12H2,1H3. The second-order valence-corrected chi connectivity index (χ2v) is 4.08. The van der Waals surface area contributed by atoms with Crippen LogP contribution in [-0.4, -0.2) is 19.5 Å². The third kappa shape index (κ3) is 2.84. The van der Waals surface area contributed by atoms with Gasteiger partial charge in [0, 0.05) is 19.1 Å². The number of methoxy groups -OCH3 is 1. The fourth-order valence-corrected chi connectivity index (χ4v) is 1.93. The molecule has 0 aliphatic carbocycles. The van der Waals surface area contributed by atoms with Crippen LogP contribution in [-0.2, 0) is 4.74 Å². The number of benzene rings is 2. The van der Waals surface area contributed by atoms with Gasteiger partial charge < -0.3 is 4.74 Å². The van der Waals surface area contributed by atoms with E-state index in [1.54, 1.807) is 7.11 Å². The molecule has 0 unspecified atom stereocenters. The zero-order valence-electron chi connectivity index (χ0n) is 10.4. The van der Waals surface area contributed by atoms with Crippen molar-refractivity contribution in [1.29, 1.82) is 0 Å². The van der Waals surface area contributed by atoms with Crippen molar-refractivity contribution < 1.29 is 9.53 Å². The molecule has 0 aliphatic heterocycles. The molecule has 18 heavy (non-hydrogen) atoms. The summed E-state index contributed by atoms with van der Waals surface area (Å²) in [5.41, 5.74) is 2.82. The monoisotopic (exact) mass is 240 g/mol. The zero-order chi connectivity index (χ0) is 12.8. The molecule has 2 heteroatoms. The van der Waals surface area contributed by atoms with Crippen LogP contribution in [0, 0.1) is 0 Å². The average Bonchev–Trinajstić information content (AvgIpc) is 2.45. The number of carbonyl (C=O) groups is 1. The van der Waals surface area contributed by atoms with E-state index in [4.69, 9.17) is 4.74 Å². The molecular formula is C16H16O2. The van der Waals surface area contributed by atoms with Gasteiger partial charge in [0.1, 0.15) is 0 Å². The van der Waals surface area contributed by atoms with E-state index >= 15 is 0 Å². The molecular weight excluding hydrogens is 224 g/mol. The number of Topliss-reactive ketones (excluding diaryl/α,β-unsaturated/α-hetero) is 1. The van der Waals surface area contributed by atoms with E-state index in [0.29, 0.717) is 13.0 Å². The Hall–Kier alpha value is -1.93. The van der Waals surface area contributed by atoms with Gasteiger partial charge in [-0.05, 0) is 11.1 Å². The lowest BCUT2D eigenvalue weighted by Gasteiger charge is -2.08. The highest BCUT2D eigenvalue weighted by Crippen LogP contribution is 2.24. The van der Waals surface area contributed by atoms with Crippen molar-refractivity contribution in [3.63, 3.8) is 0 Å².